The highest BCUT2D eigenvalue weighted by Crippen LogP contribution is 2.24. The van der Waals surface area contributed by atoms with Gasteiger partial charge in [-0.25, -0.2) is 9.59 Å². The molecule has 1 aliphatic heterocycles. The minimum Gasteiger partial charge on any atom is -0.481 e. The number of carboxylic acid groups (broad SMARTS) is 2. The Labute approximate surface area is 128 Å². The van der Waals surface area contributed by atoms with Gasteiger partial charge in [-0.05, 0) is 19.8 Å². The van der Waals surface area contributed by atoms with Gasteiger partial charge in [-0.1, -0.05) is 6.92 Å². The molecule has 7 nitrogen and oxygen atoms in total. The zero-order chi connectivity index (χ0) is 16.0. The molecular weight excluding hydrogens is 296 g/mol. The van der Waals surface area contributed by atoms with Crippen LogP contribution >= 0.6 is 11.8 Å². The Bertz CT molecular complexity index is 404. The van der Waals surface area contributed by atoms with Crippen LogP contribution in [0.15, 0.2) is 0 Å². The van der Waals surface area contributed by atoms with Crippen molar-refractivity contribution >= 4 is 29.7 Å². The molecule has 8 heteroatoms. The molecule has 0 aromatic rings. The standard InChI is InChI=1S/C13H22N2O5S/c1-8-9(2)21-7-6-15(8)13(20)14-10(12(18)19)4-3-5-11(16)17/h8-10H,3-7H2,1-2H3,(H,14,20)(H,16,17)(H,18,19)/t8?,9?,10-/m1/s1. The maximum atomic E-state index is 12.2. The average Bonchev–Trinajstić information content (AvgIpc) is 2.40. The molecule has 0 aromatic carbocycles. The lowest BCUT2D eigenvalue weighted by Gasteiger charge is -2.37. The lowest BCUT2D eigenvalue weighted by Crippen LogP contribution is -2.55. The first-order valence-corrected chi connectivity index (χ1v) is 8.01. The van der Waals surface area contributed by atoms with Crippen LogP contribution in [0, 0.1) is 0 Å². The van der Waals surface area contributed by atoms with Crippen molar-refractivity contribution in [1.82, 2.24) is 10.2 Å². The summed E-state index contributed by atoms with van der Waals surface area (Å²) < 4.78 is 0. The smallest absolute Gasteiger partial charge is 0.326 e. The fraction of sp³-hybridized carbons (Fsp3) is 0.769. The second kappa shape index (κ2) is 8.11. The molecule has 1 rings (SSSR count). The van der Waals surface area contributed by atoms with Crippen molar-refractivity contribution in [1.29, 1.82) is 0 Å². The van der Waals surface area contributed by atoms with Crippen LogP contribution in [0.2, 0.25) is 0 Å². The van der Waals surface area contributed by atoms with Crippen molar-refractivity contribution in [2.45, 2.75) is 50.4 Å². The summed E-state index contributed by atoms with van der Waals surface area (Å²) in [7, 11) is 0. The molecule has 120 valence electrons. The zero-order valence-corrected chi connectivity index (χ0v) is 13.1. The number of hydrogen-bond donors (Lipinski definition) is 3. The van der Waals surface area contributed by atoms with Gasteiger partial charge in [-0.15, -0.1) is 0 Å². The Morgan fingerprint density at radius 3 is 2.57 bits per heavy atom. The van der Waals surface area contributed by atoms with Crippen LogP contribution in [-0.2, 0) is 9.59 Å². The Kier molecular flexibility index (Phi) is 6.80. The normalized spacial score (nSPS) is 23.4. The second-order valence-electron chi connectivity index (χ2n) is 5.14. The van der Waals surface area contributed by atoms with Crippen molar-refractivity contribution in [3.05, 3.63) is 0 Å². The van der Waals surface area contributed by atoms with Crippen molar-refractivity contribution in [2.75, 3.05) is 12.3 Å². The molecule has 3 atom stereocenters. The van der Waals surface area contributed by atoms with Gasteiger partial charge in [0.15, 0.2) is 0 Å². The van der Waals surface area contributed by atoms with Gasteiger partial charge in [-0.3, -0.25) is 4.79 Å². The van der Waals surface area contributed by atoms with Gasteiger partial charge in [0.1, 0.15) is 6.04 Å². The maximum Gasteiger partial charge on any atom is 0.326 e. The van der Waals surface area contributed by atoms with Gasteiger partial charge in [0.2, 0.25) is 0 Å². The second-order valence-corrected chi connectivity index (χ2v) is 6.62. The van der Waals surface area contributed by atoms with E-state index >= 15 is 0 Å². The first-order chi connectivity index (χ1) is 9.82. The van der Waals surface area contributed by atoms with Crippen molar-refractivity contribution in [2.24, 2.45) is 0 Å². The van der Waals surface area contributed by atoms with Crippen molar-refractivity contribution in [3.63, 3.8) is 0 Å². The number of carboxylic acids is 2. The monoisotopic (exact) mass is 318 g/mol. The predicted octanol–water partition coefficient (Wildman–Crippen LogP) is 1.23. The summed E-state index contributed by atoms with van der Waals surface area (Å²) in [5.41, 5.74) is 0. The number of nitrogens with one attached hydrogen (secondary N) is 1. The Morgan fingerprint density at radius 2 is 2.00 bits per heavy atom. The summed E-state index contributed by atoms with van der Waals surface area (Å²) in [6.45, 7) is 4.57. The third kappa shape index (κ3) is 5.45. The van der Waals surface area contributed by atoms with E-state index < -0.39 is 24.0 Å². The molecule has 0 saturated carbocycles. The average molecular weight is 318 g/mol. The van der Waals surface area contributed by atoms with Crippen LogP contribution in [0.5, 0.6) is 0 Å². The van der Waals surface area contributed by atoms with E-state index in [1.54, 1.807) is 16.7 Å². The molecule has 2 unspecified atom stereocenters. The minimum absolute atomic E-state index is 0.0391. The highest BCUT2D eigenvalue weighted by molar-refractivity contribution is 8.00. The molecule has 1 fully saturated rings. The van der Waals surface area contributed by atoms with Crippen LogP contribution in [0.3, 0.4) is 0 Å². The fourth-order valence-corrected chi connectivity index (χ4v) is 3.27. The summed E-state index contributed by atoms with van der Waals surface area (Å²) in [5.74, 6) is -1.28. The van der Waals surface area contributed by atoms with E-state index in [-0.39, 0.29) is 25.3 Å². The van der Waals surface area contributed by atoms with E-state index in [0.717, 1.165) is 5.75 Å². The van der Waals surface area contributed by atoms with Gasteiger partial charge in [0, 0.05) is 30.0 Å². The van der Waals surface area contributed by atoms with Crippen molar-refractivity contribution in [3.8, 4) is 0 Å². The Hall–Kier alpha value is -1.44. The molecule has 2 amide bonds. The Balaban J connectivity index is 2.55. The largest absolute Gasteiger partial charge is 0.481 e. The summed E-state index contributed by atoms with van der Waals surface area (Å²) in [6, 6.07) is -1.40. The number of amides is 2. The zero-order valence-electron chi connectivity index (χ0n) is 12.2. The van der Waals surface area contributed by atoms with E-state index in [1.165, 1.54) is 0 Å². The van der Waals surface area contributed by atoms with Gasteiger partial charge < -0.3 is 20.4 Å². The summed E-state index contributed by atoms with van der Waals surface area (Å²) in [4.78, 5) is 35.4. The lowest BCUT2D eigenvalue weighted by molar-refractivity contribution is -0.140. The first kappa shape index (κ1) is 17.6. The minimum atomic E-state index is -1.14. The third-order valence-corrected chi connectivity index (χ3v) is 4.96. The third-order valence-electron chi connectivity index (χ3n) is 3.62. The van der Waals surface area contributed by atoms with Gasteiger partial charge in [0.25, 0.3) is 0 Å². The number of hydrogen-bond acceptors (Lipinski definition) is 4. The van der Waals surface area contributed by atoms with Gasteiger partial charge >= 0.3 is 18.0 Å². The summed E-state index contributed by atoms with van der Waals surface area (Å²) in [6.07, 6.45) is 0.224. The molecule has 0 radical (unpaired) electrons. The van der Waals surface area contributed by atoms with E-state index in [0.29, 0.717) is 11.8 Å². The molecule has 0 aliphatic carbocycles. The number of rotatable bonds is 6. The topological polar surface area (TPSA) is 107 Å². The van der Waals surface area contributed by atoms with Gasteiger partial charge in [0.05, 0.1) is 0 Å². The van der Waals surface area contributed by atoms with Crippen LogP contribution in [0.1, 0.15) is 33.1 Å². The first-order valence-electron chi connectivity index (χ1n) is 6.96. The highest BCUT2D eigenvalue weighted by Gasteiger charge is 2.31. The lowest BCUT2D eigenvalue weighted by atomic mass is 10.1. The number of carbonyl (C=O) groups excluding carboxylic acids is 1. The van der Waals surface area contributed by atoms with Crippen LogP contribution in [0.25, 0.3) is 0 Å². The van der Waals surface area contributed by atoms with E-state index in [1.807, 2.05) is 13.8 Å². The van der Waals surface area contributed by atoms with Crippen LogP contribution in [-0.4, -0.2) is 62.7 Å². The number of thioether (sulfide) groups is 1. The van der Waals surface area contributed by atoms with Crippen LogP contribution < -0.4 is 5.32 Å². The molecule has 0 spiro atoms. The molecular formula is C13H22N2O5S. The number of aliphatic carboxylic acids is 2. The molecule has 0 aromatic heterocycles. The van der Waals surface area contributed by atoms with E-state index in [9.17, 15) is 14.4 Å². The number of carbonyl (C=O) groups is 3. The summed E-state index contributed by atoms with van der Waals surface area (Å²) in [5, 5.41) is 20.5. The molecule has 1 heterocycles. The Morgan fingerprint density at radius 1 is 1.33 bits per heavy atom. The number of nitrogens with zero attached hydrogens (tertiary/aromatic N) is 1. The predicted molar refractivity (Wildman–Crippen MR) is 79.5 cm³/mol. The SMILES string of the molecule is CC1SCCN(C(=O)N[C@H](CCCC(=O)O)C(=O)O)C1C. The van der Waals surface area contributed by atoms with E-state index in [2.05, 4.69) is 5.32 Å². The van der Waals surface area contributed by atoms with Crippen LogP contribution in [0.4, 0.5) is 4.79 Å². The quantitative estimate of drug-likeness (QED) is 0.680. The summed E-state index contributed by atoms with van der Waals surface area (Å²) >= 11 is 1.79. The maximum absolute atomic E-state index is 12.2. The molecule has 3 N–H and O–H groups in total. The molecule has 1 aliphatic rings. The van der Waals surface area contributed by atoms with E-state index in [4.69, 9.17) is 10.2 Å². The molecule has 1 saturated heterocycles. The van der Waals surface area contributed by atoms with Gasteiger partial charge in [-0.2, -0.15) is 11.8 Å². The number of urea groups is 1. The molecule has 21 heavy (non-hydrogen) atoms. The fourth-order valence-electron chi connectivity index (χ4n) is 2.17. The van der Waals surface area contributed by atoms with Crippen molar-refractivity contribution < 1.29 is 24.6 Å². The molecule has 0 bridgehead atoms. The highest BCUT2D eigenvalue weighted by atomic mass is 32.2.